The number of aliphatic hydroxyl groups excluding tert-OH is 1. The van der Waals surface area contributed by atoms with E-state index in [0.29, 0.717) is 13.0 Å². The van der Waals surface area contributed by atoms with Crippen LogP contribution >= 0.6 is 0 Å². The monoisotopic (exact) mass is 341 g/mol. The minimum absolute atomic E-state index is 0.185. The van der Waals surface area contributed by atoms with Crippen LogP contribution in [0.1, 0.15) is 18.9 Å². The van der Waals surface area contributed by atoms with Gasteiger partial charge in [-0.15, -0.1) is 0 Å². The van der Waals surface area contributed by atoms with E-state index in [0.717, 1.165) is 43.9 Å². The number of carbonyl (C=O) groups excluding carboxylic acids is 1. The highest BCUT2D eigenvalue weighted by molar-refractivity contribution is 5.79. The number of nitrogens with zero attached hydrogens (tertiary/aromatic N) is 3. The molecule has 1 unspecified atom stereocenters. The predicted molar refractivity (Wildman–Crippen MR) is 98.8 cm³/mol. The van der Waals surface area contributed by atoms with E-state index in [-0.39, 0.29) is 12.0 Å². The van der Waals surface area contributed by atoms with Crippen LogP contribution in [0.5, 0.6) is 0 Å². The summed E-state index contributed by atoms with van der Waals surface area (Å²) < 4.78 is 2.05. The minimum atomic E-state index is -0.263. The van der Waals surface area contributed by atoms with Crippen molar-refractivity contribution in [1.82, 2.24) is 14.4 Å². The SMILES string of the molecule is CCC(O)CN1CCN(C(=O)Cc2ccc(-n3cccc3)cc2)CC1. The van der Waals surface area contributed by atoms with Gasteiger partial charge in [0.05, 0.1) is 12.5 Å². The van der Waals surface area contributed by atoms with Gasteiger partial charge in [0.15, 0.2) is 0 Å². The van der Waals surface area contributed by atoms with Gasteiger partial charge in [-0.25, -0.2) is 0 Å². The van der Waals surface area contributed by atoms with Crippen molar-refractivity contribution in [2.45, 2.75) is 25.9 Å². The van der Waals surface area contributed by atoms with Crippen molar-refractivity contribution in [2.24, 2.45) is 0 Å². The Balaban J connectivity index is 1.49. The van der Waals surface area contributed by atoms with Gasteiger partial charge in [-0.3, -0.25) is 9.69 Å². The second-order valence-corrected chi connectivity index (χ2v) is 6.68. The highest BCUT2D eigenvalue weighted by atomic mass is 16.3. The molecule has 25 heavy (non-hydrogen) atoms. The fraction of sp³-hybridized carbons (Fsp3) is 0.450. The second-order valence-electron chi connectivity index (χ2n) is 6.68. The number of hydrogen-bond donors (Lipinski definition) is 1. The molecule has 3 rings (SSSR count). The molecule has 2 aromatic rings. The van der Waals surface area contributed by atoms with Crippen LogP contribution in [-0.4, -0.2) is 64.2 Å². The fourth-order valence-electron chi connectivity index (χ4n) is 3.19. The predicted octanol–water partition coefficient (Wildman–Crippen LogP) is 1.93. The van der Waals surface area contributed by atoms with E-state index in [9.17, 15) is 9.90 Å². The molecule has 1 saturated heterocycles. The Kier molecular flexibility index (Phi) is 5.89. The Labute approximate surface area is 149 Å². The van der Waals surface area contributed by atoms with Crippen LogP contribution in [0.2, 0.25) is 0 Å². The summed E-state index contributed by atoms with van der Waals surface area (Å²) in [5.41, 5.74) is 2.15. The molecule has 0 spiro atoms. The lowest BCUT2D eigenvalue weighted by Gasteiger charge is -2.35. The van der Waals surface area contributed by atoms with Crippen LogP contribution in [0.4, 0.5) is 0 Å². The van der Waals surface area contributed by atoms with Gasteiger partial charge < -0.3 is 14.6 Å². The van der Waals surface area contributed by atoms with Gasteiger partial charge in [0.2, 0.25) is 5.91 Å². The lowest BCUT2D eigenvalue weighted by Crippen LogP contribution is -2.50. The van der Waals surface area contributed by atoms with Crippen LogP contribution in [-0.2, 0) is 11.2 Å². The summed E-state index contributed by atoms with van der Waals surface area (Å²) in [4.78, 5) is 16.7. The minimum Gasteiger partial charge on any atom is -0.392 e. The highest BCUT2D eigenvalue weighted by Gasteiger charge is 2.22. The number of hydrogen-bond acceptors (Lipinski definition) is 3. The van der Waals surface area contributed by atoms with Crippen molar-refractivity contribution in [3.8, 4) is 5.69 Å². The smallest absolute Gasteiger partial charge is 0.227 e. The molecular weight excluding hydrogens is 314 g/mol. The van der Waals surface area contributed by atoms with Crippen LogP contribution in [0, 0.1) is 0 Å². The first-order chi connectivity index (χ1) is 12.2. The van der Waals surface area contributed by atoms with Crippen LogP contribution in [0.3, 0.4) is 0 Å². The molecule has 1 aliphatic rings. The maximum absolute atomic E-state index is 12.5. The average molecular weight is 341 g/mol. The molecule has 0 bridgehead atoms. The summed E-state index contributed by atoms with van der Waals surface area (Å²) in [6.45, 7) is 5.88. The summed E-state index contributed by atoms with van der Waals surface area (Å²) in [6.07, 6.45) is 4.98. The molecule has 2 heterocycles. The summed E-state index contributed by atoms with van der Waals surface area (Å²) in [7, 11) is 0. The number of β-amino-alcohol motifs (C(OH)–C–C–N with tert-alkyl or cyclic N) is 1. The summed E-state index contributed by atoms with van der Waals surface area (Å²) in [5, 5.41) is 9.75. The Morgan fingerprint density at radius 3 is 2.32 bits per heavy atom. The van der Waals surface area contributed by atoms with Crippen molar-refractivity contribution in [3.05, 3.63) is 54.4 Å². The standard InChI is InChI=1S/C20H27N3O2/c1-2-19(24)16-21-11-13-23(14-12-21)20(25)15-17-5-7-18(8-6-17)22-9-3-4-10-22/h3-10,19,24H,2,11-16H2,1H3. The first-order valence-electron chi connectivity index (χ1n) is 9.06. The molecule has 5 heteroatoms. The van der Waals surface area contributed by atoms with E-state index < -0.39 is 0 Å². The summed E-state index contributed by atoms with van der Waals surface area (Å²) >= 11 is 0. The molecule has 0 saturated carbocycles. The number of carbonyl (C=O) groups is 1. The molecule has 1 fully saturated rings. The molecule has 1 N–H and O–H groups in total. The van der Waals surface area contributed by atoms with E-state index >= 15 is 0 Å². The van der Waals surface area contributed by atoms with E-state index in [1.807, 2.05) is 60.6 Å². The van der Waals surface area contributed by atoms with Gasteiger partial charge in [0.25, 0.3) is 0 Å². The van der Waals surface area contributed by atoms with Gasteiger partial charge in [-0.1, -0.05) is 19.1 Å². The number of amides is 1. The molecular formula is C20H27N3O2. The van der Waals surface area contributed by atoms with Crippen molar-refractivity contribution >= 4 is 5.91 Å². The number of piperazine rings is 1. The molecule has 0 aliphatic carbocycles. The highest BCUT2D eigenvalue weighted by Crippen LogP contribution is 2.12. The first-order valence-corrected chi connectivity index (χ1v) is 9.06. The molecule has 0 radical (unpaired) electrons. The Morgan fingerprint density at radius 2 is 1.72 bits per heavy atom. The number of benzene rings is 1. The Morgan fingerprint density at radius 1 is 1.08 bits per heavy atom. The van der Waals surface area contributed by atoms with E-state index in [2.05, 4.69) is 9.47 Å². The number of rotatable bonds is 6. The summed E-state index contributed by atoms with van der Waals surface area (Å²) in [5.74, 6) is 0.185. The largest absolute Gasteiger partial charge is 0.392 e. The normalized spacial score (nSPS) is 16.8. The van der Waals surface area contributed by atoms with E-state index in [1.54, 1.807) is 0 Å². The molecule has 1 amide bonds. The third-order valence-electron chi connectivity index (χ3n) is 4.86. The molecule has 5 nitrogen and oxygen atoms in total. The zero-order chi connectivity index (χ0) is 17.6. The molecule has 1 aliphatic heterocycles. The number of aliphatic hydroxyl groups is 1. The van der Waals surface area contributed by atoms with Crippen molar-refractivity contribution in [3.63, 3.8) is 0 Å². The average Bonchev–Trinajstić information content (AvgIpc) is 3.17. The third-order valence-corrected chi connectivity index (χ3v) is 4.86. The Hall–Kier alpha value is -2.11. The van der Waals surface area contributed by atoms with E-state index in [4.69, 9.17) is 0 Å². The van der Waals surface area contributed by atoms with E-state index in [1.165, 1.54) is 0 Å². The van der Waals surface area contributed by atoms with Gasteiger partial charge in [0, 0.05) is 50.8 Å². The number of aromatic nitrogens is 1. The summed E-state index contributed by atoms with van der Waals surface area (Å²) in [6, 6.07) is 12.1. The zero-order valence-electron chi connectivity index (χ0n) is 14.8. The quantitative estimate of drug-likeness (QED) is 0.873. The van der Waals surface area contributed by atoms with Crippen LogP contribution in [0.15, 0.2) is 48.8 Å². The fourth-order valence-corrected chi connectivity index (χ4v) is 3.19. The maximum atomic E-state index is 12.5. The molecule has 1 aromatic heterocycles. The Bertz CT molecular complexity index is 659. The van der Waals surface area contributed by atoms with Gasteiger partial charge in [0.1, 0.15) is 0 Å². The lowest BCUT2D eigenvalue weighted by atomic mass is 10.1. The van der Waals surface area contributed by atoms with Crippen molar-refractivity contribution < 1.29 is 9.90 Å². The molecule has 1 aromatic carbocycles. The van der Waals surface area contributed by atoms with Crippen LogP contribution in [0.25, 0.3) is 5.69 Å². The lowest BCUT2D eigenvalue weighted by molar-refractivity contribution is -0.132. The van der Waals surface area contributed by atoms with Gasteiger partial charge in [-0.05, 0) is 36.2 Å². The molecule has 134 valence electrons. The zero-order valence-corrected chi connectivity index (χ0v) is 14.8. The topological polar surface area (TPSA) is 48.7 Å². The van der Waals surface area contributed by atoms with Crippen LogP contribution < -0.4 is 0 Å². The maximum Gasteiger partial charge on any atom is 0.227 e. The molecule has 1 atom stereocenters. The first kappa shape index (κ1) is 17.7. The van der Waals surface area contributed by atoms with Crippen molar-refractivity contribution in [2.75, 3.05) is 32.7 Å². The van der Waals surface area contributed by atoms with Gasteiger partial charge >= 0.3 is 0 Å². The van der Waals surface area contributed by atoms with Gasteiger partial charge in [-0.2, -0.15) is 0 Å². The second kappa shape index (κ2) is 8.32. The third kappa shape index (κ3) is 4.71. The van der Waals surface area contributed by atoms with Crippen molar-refractivity contribution in [1.29, 1.82) is 0 Å².